The molecule has 6 heteroatoms. The standard InChI is InChI=1S/C13H20N2O4/c1-8(2)15-7-9(6-11(15)16)12(17)14-5-3-4-10(14)13(18)19/h8-10H,3-7H2,1-2H3,(H,18,19). The number of aliphatic carboxylic acids is 1. The molecule has 2 heterocycles. The molecule has 2 atom stereocenters. The number of carbonyl (C=O) groups excluding carboxylic acids is 2. The zero-order valence-electron chi connectivity index (χ0n) is 11.3. The molecule has 2 unspecified atom stereocenters. The maximum Gasteiger partial charge on any atom is 0.326 e. The molecular weight excluding hydrogens is 248 g/mol. The van der Waals surface area contributed by atoms with Gasteiger partial charge in [0.05, 0.1) is 5.92 Å². The Balaban J connectivity index is 2.05. The van der Waals surface area contributed by atoms with E-state index in [-0.39, 0.29) is 30.2 Å². The molecule has 0 aromatic rings. The summed E-state index contributed by atoms with van der Waals surface area (Å²) in [6.07, 6.45) is 1.44. The molecule has 2 aliphatic rings. The summed E-state index contributed by atoms with van der Waals surface area (Å²) < 4.78 is 0. The minimum atomic E-state index is -0.948. The zero-order chi connectivity index (χ0) is 14.2. The minimum absolute atomic E-state index is 0.0144. The maximum atomic E-state index is 12.4. The zero-order valence-corrected chi connectivity index (χ0v) is 11.3. The first-order valence-corrected chi connectivity index (χ1v) is 6.74. The van der Waals surface area contributed by atoms with Gasteiger partial charge in [-0.2, -0.15) is 0 Å². The Labute approximate surface area is 112 Å². The smallest absolute Gasteiger partial charge is 0.326 e. The van der Waals surface area contributed by atoms with Gasteiger partial charge in [0.2, 0.25) is 11.8 Å². The van der Waals surface area contributed by atoms with Crippen LogP contribution >= 0.6 is 0 Å². The first-order chi connectivity index (χ1) is 8.91. The molecule has 6 nitrogen and oxygen atoms in total. The molecule has 0 spiro atoms. The lowest BCUT2D eigenvalue weighted by Gasteiger charge is -2.25. The van der Waals surface area contributed by atoms with E-state index in [1.54, 1.807) is 4.90 Å². The predicted octanol–water partition coefficient (Wildman–Crippen LogP) is 0.319. The summed E-state index contributed by atoms with van der Waals surface area (Å²) in [5, 5.41) is 9.10. The molecule has 0 bridgehead atoms. The molecule has 0 aromatic heterocycles. The quantitative estimate of drug-likeness (QED) is 0.799. The second kappa shape index (κ2) is 5.19. The van der Waals surface area contributed by atoms with Gasteiger partial charge in [0.15, 0.2) is 0 Å². The molecule has 1 N–H and O–H groups in total. The van der Waals surface area contributed by atoms with E-state index in [4.69, 9.17) is 5.11 Å². The third-order valence-corrected chi connectivity index (χ3v) is 3.95. The van der Waals surface area contributed by atoms with Crippen LogP contribution in [-0.2, 0) is 14.4 Å². The van der Waals surface area contributed by atoms with Crippen LogP contribution < -0.4 is 0 Å². The van der Waals surface area contributed by atoms with Gasteiger partial charge in [-0.3, -0.25) is 9.59 Å². The number of rotatable bonds is 3. The summed E-state index contributed by atoms with van der Waals surface area (Å²) in [4.78, 5) is 38.4. The van der Waals surface area contributed by atoms with E-state index in [2.05, 4.69) is 0 Å². The monoisotopic (exact) mass is 268 g/mol. The van der Waals surface area contributed by atoms with Gasteiger partial charge in [0.1, 0.15) is 6.04 Å². The Morgan fingerprint density at radius 1 is 1.37 bits per heavy atom. The Kier molecular flexibility index (Phi) is 3.78. The second-order valence-corrected chi connectivity index (χ2v) is 5.57. The van der Waals surface area contributed by atoms with Crippen LogP contribution in [0.3, 0.4) is 0 Å². The number of likely N-dealkylation sites (tertiary alicyclic amines) is 2. The third-order valence-electron chi connectivity index (χ3n) is 3.95. The van der Waals surface area contributed by atoms with Crippen LogP contribution in [0.4, 0.5) is 0 Å². The van der Waals surface area contributed by atoms with Gasteiger partial charge in [-0.1, -0.05) is 0 Å². The highest BCUT2D eigenvalue weighted by molar-refractivity contribution is 5.91. The summed E-state index contributed by atoms with van der Waals surface area (Å²) in [6.45, 7) is 4.74. The van der Waals surface area contributed by atoms with Crippen LogP contribution in [0.2, 0.25) is 0 Å². The fourth-order valence-electron chi connectivity index (χ4n) is 2.92. The lowest BCUT2D eigenvalue weighted by molar-refractivity contribution is -0.149. The molecule has 0 saturated carbocycles. The van der Waals surface area contributed by atoms with Crippen molar-refractivity contribution in [1.82, 2.24) is 9.80 Å². The van der Waals surface area contributed by atoms with Crippen LogP contribution in [-0.4, -0.2) is 57.9 Å². The van der Waals surface area contributed by atoms with E-state index in [1.165, 1.54) is 4.90 Å². The first-order valence-electron chi connectivity index (χ1n) is 6.74. The molecule has 19 heavy (non-hydrogen) atoms. The Morgan fingerprint density at radius 3 is 2.58 bits per heavy atom. The van der Waals surface area contributed by atoms with Crippen molar-refractivity contribution in [1.29, 1.82) is 0 Å². The topological polar surface area (TPSA) is 77.9 Å². The number of carbonyl (C=O) groups is 3. The average Bonchev–Trinajstić information content (AvgIpc) is 2.93. The van der Waals surface area contributed by atoms with Crippen molar-refractivity contribution in [3.8, 4) is 0 Å². The van der Waals surface area contributed by atoms with Crippen molar-refractivity contribution in [2.75, 3.05) is 13.1 Å². The highest BCUT2D eigenvalue weighted by Gasteiger charge is 2.42. The fourth-order valence-corrected chi connectivity index (χ4v) is 2.92. The van der Waals surface area contributed by atoms with E-state index >= 15 is 0 Å². The molecule has 2 saturated heterocycles. The Hall–Kier alpha value is -1.59. The summed E-state index contributed by atoms with van der Waals surface area (Å²) >= 11 is 0. The summed E-state index contributed by atoms with van der Waals surface area (Å²) in [7, 11) is 0. The lowest BCUT2D eigenvalue weighted by Crippen LogP contribution is -2.44. The number of nitrogens with zero attached hydrogens (tertiary/aromatic N) is 2. The van der Waals surface area contributed by atoms with Gasteiger partial charge in [-0.05, 0) is 26.7 Å². The van der Waals surface area contributed by atoms with E-state index in [1.807, 2.05) is 13.8 Å². The van der Waals surface area contributed by atoms with Crippen molar-refractivity contribution >= 4 is 17.8 Å². The average molecular weight is 268 g/mol. The highest BCUT2D eigenvalue weighted by atomic mass is 16.4. The number of carboxylic acid groups (broad SMARTS) is 1. The molecule has 2 rings (SSSR count). The Morgan fingerprint density at radius 2 is 2.05 bits per heavy atom. The van der Waals surface area contributed by atoms with Gasteiger partial charge >= 0.3 is 5.97 Å². The fraction of sp³-hybridized carbons (Fsp3) is 0.769. The number of hydrogen-bond acceptors (Lipinski definition) is 3. The van der Waals surface area contributed by atoms with Gasteiger partial charge in [-0.25, -0.2) is 4.79 Å². The van der Waals surface area contributed by atoms with Crippen LogP contribution in [0.15, 0.2) is 0 Å². The van der Waals surface area contributed by atoms with E-state index in [0.717, 1.165) is 6.42 Å². The van der Waals surface area contributed by atoms with E-state index in [0.29, 0.717) is 19.5 Å². The van der Waals surface area contributed by atoms with Gasteiger partial charge in [0, 0.05) is 25.6 Å². The van der Waals surface area contributed by atoms with Crippen LogP contribution in [0, 0.1) is 5.92 Å². The molecule has 2 aliphatic heterocycles. The van der Waals surface area contributed by atoms with E-state index in [9.17, 15) is 14.4 Å². The normalized spacial score (nSPS) is 27.4. The third kappa shape index (κ3) is 2.57. The molecular formula is C13H20N2O4. The van der Waals surface area contributed by atoms with Crippen LogP contribution in [0.1, 0.15) is 33.1 Å². The molecule has 0 aliphatic carbocycles. The molecule has 0 radical (unpaired) electrons. The molecule has 2 fully saturated rings. The largest absolute Gasteiger partial charge is 0.480 e. The summed E-state index contributed by atoms with van der Waals surface area (Å²) in [5.74, 6) is -1.52. The highest BCUT2D eigenvalue weighted by Crippen LogP contribution is 2.26. The number of amides is 2. The summed E-state index contributed by atoms with van der Waals surface area (Å²) in [5.41, 5.74) is 0. The van der Waals surface area contributed by atoms with Crippen LogP contribution in [0.25, 0.3) is 0 Å². The van der Waals surface area contributed by atoms with Crippen molar-refractivity contribution in [2.45, 2.75) is 45.2 Å². The van der Waals surface area contributed by atoms with E-state index < -0.39 is 12.0 Å². The second-order valence-electron chi connectivity index (χ2n) is 5.57. The SMILES string of the molecule is CC(C)N1CC(C(=O)N2CCCC2C(=O)O)CC1=O. The molecule has 2 amide bonds. The van der Waals surface area contributed by atoms with Crippen molar-refractivity contribution < 1.29 is 19.5 Å². The predicted molar refractivity (Wildman–Crippen MR) is 67.3 cm³/mol. The molecule has 0 aromatic carbocycles. The lowest BCUT2D eigenvalue weighted by atomic mass is 10.1. The number of carboxylic acids is 1. The van der Waals surface area contributed by atoms with Gasteiger partial charge < -0.3 is 14.9 Å². The first kappa shape index (κ1) is 13.8. The minimum Gasteiger partial charge on any atom is -0.480 e. The summed E-state index contributed by atoms with van der Waals surface area (Å²) in [6, 6.07) is -0.630. The van der Waals surface area contributed by atoms with Crippen molar-refractivity contribution in [3.05, 3.63) is 0 Å². The molecule has 106 valence electrons. The van der Waals surface area contributed by atoms with Crippen molar-refractivity contribution in [2.24, 2.45) is 5.92 Å². The van der Waals surface area contributed by atoms with Gasteiger partial charge in [-0.15, -0.1) is 0 Å². The van der Waals surface area contributed by atoms with Gasteiger partial charge in [0.25, 0.3) is 0 Å². The van der Waals surface area contributed by atoms with Crippen molar-refractivity contribution in [3.63, 3.8) is 0 Å². The number of hydrogen-bond donors (Lipinski definition) is 1. The maximum absolute atomic E-state index is 12.4. The van der Waals surface area contributed by atoms with Crippen LogP contribution in [0.5, 0.6) is 0 Å². The Bertz CT molecular complexity index is 407.